The Labute approximate surface area is 100 Å². The molecular weight excluding hydrogens is 245 g/mol. The number of hydrogen-bond acceptors (Lipinski definition) is 3. The van der Waals surface area contributed by atoms with E-state index < -0.39 is 28.8 Å². The maximum Gasteiger partial charge on any atom is 0.199 e. The smallest absolute Gasteiger partial charge is 0.199 e. The van der Waals surface area contributed by atoms with E-state index in [1.54, 1.807) is 0 Å². The maximum absolute atomic E-state index is 13.4. The Morgan fingerprint density at radius 3 is 2.44 bits per heavy atom. The molecule has 2 N–H and O–H groups in total. The van der Waals surface area contributed by atoms with E-state index in [0.29, 0.717) is 6.07 Å². The van der Waals surface area contributed by atoms with E-state index in [2.05, 4.69) is 4.98 Å². The van der Waals surface area contributed by atoms with Crippen molar-refractivity contribution in [3.8, 4) is 0 Å². The number of carbonyl (C=O) groups is 1. The van der Waals surface area contributed by atoms with Gasteiger partial charge < -0.3 is 5.73 Å². The number of ketones is 1. The molecule has 0 aliphatic carbocycles. The molecule has 0 unspecified atom stereocenters. The van der Waals surface area contributed by atoms with Crippen molar-refractivity contribution < 1.29 is 18.0 Å². The largest absolute Gasteiger partial charge is 0.398 e. The average Bonchev–Trinajstić information content (AvgIpc) is 2.36. The van der Waals surface area contributed by atoms with Crippen LogP contribution < -0.4 is 5.73 Å². The Bertz CT molecular complexity index is 629. The second kappa shape index (κ2) is 4.48. The molecule has 0 radical (unpaired) electrons. The van der Waals surface area contributed by atoms with Crippen LogP contribution in [0.15, 0.2) is 30.6 Å². The van der Waals surface area contributed by atoms with Gasteiger partial charge in [-0.2, -0.15) is 0 Å². The van der Waals surface area contributed by atoms with Crippen LogP contribution in [0.1, 0.15) is 15.9 Å². The molecule has 92 valence electrons. The van der Waals surface area contributed by atoms with Crippen LogP contribution in [0, 0.1) is 17.5 Å². The van der Waals surface area contributed by atoms with Crippen LogP contribution >= 0.6 is 0 Å². The average molecular weight is 252 g/mol. The summed E-state index contributed by atoms with van der Waals surface area (Å²) in [4.78, 5) is 15.6. The molecule has 3 nitrogen and oxygen atoms in total. The van der Waals surface area contributed by atoms with Crippen molar-refractivity contribution in [3.05, 3.63) is 59.2 Å². The first-order valence-electron chi connectivity index (χ1n) is 4.90. The van der Waals surface area contributed by atoms with E-state index in [-0.39, 0.29) is 11.3 Å². The van der Waals surface area contributed by atoms with E-state index >= 15 is 0 Å². The normalized spacial score (nSPS) is 10.4. The van der Waals surface area contributed by atoms with E-state index in [1.807, 2.05) is 0 Å². The van der Waals surface area contributed by atoms with Gasteiger partial charge in [-0.25, -0.2) is 13.2 Å². The highest BCUT2D eigenvalue weighted by atomic mass is 19.2. The Kier molecular flexibility index (Phi) is 3.01. The Balaban J connectivity index is 2.54. The van der Waals surface area contributed by atoms with Crippen molar-refractivity contribution in [2.24, 2.45) is 0 Å². The number of nitrogen functional groups attached to an aromatic ring is 1. The molecule has 0 saturated heterocycles. The zero-order valence-electron chi connectivity index (χ0n) is 8.95. The third-order valence-corrected chi connectivity index (χ3v) is 2.38. The fourth-order valence-corrected chi connectivity index (χ4v) is 1.44. The minimum absolute atomic E-state index is 0.0672. The number of benzene rings is 1. The summed E-state index contributed by atoms with van der Waals surface area (Å²) >= 11 is 0. The van der Waals surface area contributed by atoms with Gasteiger partial charge in [0.15, 0.2) is 23.2 Å². The Hall–Kier alpha value is -2.37. The predicted octanol–water partition coefficient (Wildman–Crippen LogP) is 2.31. The second-order valence-corrected chi connectivity index (χ2v) is 3.51. The number of halogens is 3. The first-order chi connectivity index (χ1) is 8.52. The molecular formula is C12H7F3N2O. The third kappa shape index (κ3) is 1.92. The van der Waals surface area contributed by atoms with Gasteiger partial charge in [0, 0.05) is 18.1 Å². The first-order valence-corrected chi connectivity index (χ1v) is 4.90. The van der Waals surface area contributed by atoms with Gasteiger partial charge in [-0.15, -0.1) is 0 Å². The van der Waals surface area contributed by atoms with Gasteiger partial charge in [-0.05, 0) is 18.2 Å². The lowest BCUT2D eigenvalue weighted by Crippen LogP contribution is -2.10. The Morgan fingerprint density at radius 2 is 1.78 bits per heavy atom. The number of anilines is 1. The van der Waals surface area contributed by atoms with Gasteiger partial charge >= 0.3 is 0 Å². The summed E-state index contributed by atoms with van der Waals surface area (Å²) in [5.41, 5.74) is 4.95. The van der Waals surface area contributed by atoms with E-state index in [9.17, 15) is 18.0 Å². The van der Waals surface area contributed by atoms with Crippen LogP contribution in [0.25, 0.3) is 0 Å². The molecule has 1 heterocycles. The molecule has 0 saturated carbocycles. The van der Waals surface area contributed by atoms with Crippen molar-refractivity contribution in [1.29, 1.82) is 0 Å². The summed E-state index contributed by atoms with van der Waals surface area (Å²) in [5.74, 6) is -5.44. The van der Waals surface area contributed by atoms with Crippen LogP contribution in [-0.2, 0) is 0 Å². The lowest BCUT2D eigenvalue weighted by Gasteiger charge is -2.05. The molecule has 0 spiro atoms. The molecule has 0 amide bonds. The highest BCUT2D eigenvalue weighted by Crippen LogP contribution is 2.20. The van der Waals surface area contributed by atoms with Crippen molar-refractivity contribution in [3.63, 3.8) is 0 Å². The van der Waals surface area contributed by atoms with Gasteiger partial charge in [-0.1, -0.05) is 0 Å². The SMILES string of the molecule is Nc1ccncc1C(=O)c1ccc(F)c(F)c1F. The van der Waals surface area contributed by atoms with Gasteiger partial charge in [-0.3, -0.25) is 9.78 Å². The quantitative estimate of drug-likeness (QED) is 0.659. The minimum atomic E-state index is -1.69. The summed E-state index contributed by atoms with van der Waals surface area (Å²) in [6.45, 7) is 0. The molecule has 0 atom stereocenters. The predicted molar refractivity (Wildman–Crippen MR) is 58.4 cm³/mol. The maximum atomic E-state index is 13.4. The van der Waals surface area contributed by atoms with Crippen molar-refractivity contribution in [2.45, 2.75) is 0 Å². The van der Waals surface area contributed by atoms with E-state index in [1.165, 1.54) is 12.3 Å². The van der Waals surface area contributed by atoms with E-state index in [4.69, 9.17) is 5.73 Å². The number of hydrogen-bond donors (Lipinski definition) is 1. The molecule has 0 fully saturated rings. The zero-order chi connectivity index (χ0) is 13.3. The van der Waals surface area contributed by atoms with Crippen LogP contribution in [0.4, 0.5) is 18.9 Å². The summed E-state index contributed by atoms with van der Waals surface area (Å²) < 4.78 is 39.2. The molecule has 0 bridgehead atoms. The lowest BCUT2D eigenvalue weighted by molar-refractivity contribution is 0.103. The Morgan fingerprint density at radius 1 is 1.06 bits per heavy atom. The minimum Gasteiger partial charge on any atom is -0.398 e. The second-order valence-electron chi connectivity index (χ2n) is 3.51. The van der Waals surface area contributed by atoms with Crippen LogP contribution in [0.2, 0.25) is 0 Å². The van der Waals surface area contributed by atoms with Crippen LogP contribution in [0.3, 0.4) is 0 Å². The van der Waals surface area contributed by atoms with E-state index in [0.717, 1.165) is 12.3 Å². The number of carbonyl (C=O) groups excluding carboxylic acids is 1. The van der Waals surface area contributed by atoms with Crippen LogP contribution in [0.5, 0.6) is 0 Å². The summed E-state index contributed by atoms with van der Waals surface area (Å²) in [6, 6.07) is 2.89. The number of rotatable bonds is 2. The summed E-state index contributed by atoms with van der Waals surface area (Å²) in [6.07, 6.45) is 2.49. The third-order valence-electron chi connectivity index (χ3n) is 2.38. The number of nitrogens with zero attached hydrogens (tertiary/aromatic N) is 1. The molecule has 2 rings (SSSR count). The number of nitrogens with two attached hydrogens (primary N) is 1. The fraction of sp³-hybridized carbons (Fsp3) is 0. The monoisotopic (exact) mass is 252 g/mol. The molecule has 18 heavy (non-hydrogen) atoms. The highest BCUT2D eigenvalue weighted by molar-refractivity contribution is 6.11. The van der Waals surface area contributed by atoms with Gasteiger partial charge in [0.05, 0.1) is 11.1 Å². The standard InChI is InChI=1S/C12H7F3N2O/c13-8-2-1-6(10(14)11(8)15)12(18)7-5-17-4-3-9(7)16/h1-5H,(H2,16,17). The molecule has 1 aromatic heterocycles. The molecule has 0 aliphatic rings. The molecule has 2 aromatic rings. The number of aromatic nitrogens is 1. The zero-order valence-corrected chi connectivity index (χ0v) is 8.95. The fourth-order valence-electron chi connectivity index (χ4n) is 1.44. The molecule has 1 aromatic carbocycles. The summed E-state index contributed by atoms with van der Waals surface area (Å²) in [5, 5.41) is 0. The van der Waals surface area contributed by atoms with Gasteiger partial charge in [0.1, 0.15) is 0 Å². The topological polar surface area (TPSA) is 56.0 Å². The first kappa shape index (κ1) is 12.1. The van der Waals surface area contributed by atoms with Gasteiger partial charge in [0.2, 0.25) is 0 Å². The van der Waals surface area contributed by atoms with Gasteiger partial charge in [0.25, 0.3) is 0 Å². The van der Waals surface area contributed by atoms with Crippen molar-refractivity contribution in [1.82, 2.24) is 4.98 Å². The molecule has 6 heteroatoms. The highest BCUT2D eigenvalue weighted by Gasteiger charge is 2.21. The van der Waals surface area contributed by atoms with Crippen molar-refractivity contribution >= 4 is 11.5 Å². The summed E-state index contributed by atoms with van der Waals surface area (Å²) in [7, 11) is 0. The lowest BCUT2D eigenvalue weighted by atomic mass is 10.0. The van der Waals surface area contributed by atoms with Crippen molar-refractivity contribution in [2.75, 3.05) is 5.73 Å². The number of pyridine rings is 1. The molecule has 0 aliphatic heterocycles. The van der Waals surface area contributed by atoms with Crippen LogP contribution in [-0.4, -0.2) is 10.8 Å².